The molecule has 0 saturated carbocycles. The highest BCUT2D eigenvalue weighted by Crippen LogP contribution is 2.37. The molecule has 0 fully saturated rings. The molecular formula is C16H13ClF3N3O7S2. The number of sulfonamides is 1. The number of benzene rings is 2. The summed E-state index contributed by atoms with van der Waals surface area (Å²) < 4.78 is 67.2. The quantitative estimate of drug-likeness (QED) is 0.310. The van der Waals surface area contributed by atoms with E-state index < -0.39 is 54.1 Å². The summed E-state index contributed by atoms with van der Waals surface area (Å²) in [5.74, 6) is -1.68. The number of nitro groups is 1. The Morgan fingerprint density at radius 2 is 1.78 bits per heavy atom. The summed E-state index contributed by atoms with van der Waals surface area (Å²) in [5, 5.41) is 10.0. The summed E-state index contributed by atoms with van der Waals surface area (Å²) >= 11 is 8.87. The minimum atomic E-state index is -4.62. The first-order valence-electron chi connectivity index (χ1n) is 7.85. The average Bonchev–Trinajstić information content (AvgIpc) is 2.60. The van der Waals surface area contributed by atoms with Crippen LogP contribution in [0.3, 0.4) is 0 Å². The summed E-state index contributed by atoms with van der Waals surface area (Å²) in [6.45, 7) is 0. The van der Waals surface area contributed by atoms with Crippen molar-refractivity contribution < 1.29 is 40.8 Å². The van der Waals surface area contributed by atoms with Gasteiger partial charge in [0.2, 0.25) is 10.0 Å². The second kappa shape index (κ2) is 10.5. The average molecular weight is 516 g/mol. The first-order chi connectivity index (χ1) is 14.5. The van der Waals surface area contributed by atoms with Crippen molar-refractivity contribution in [3.05, 3.63) is 62.7 Å². The molecule has 32 heavy (non-hydrogen) atoms. The molecular weight excluding hydrogens is 503 g/mol. The zero-order chi connectivity index (χ0) is 24.9. The van der Waals surface area contributed by atoms with E-state index in [9.17, 15) is 36.5 Å². The lowest BCUT2D eigenvalue weighted by Gasteiger charge is -2.12. The Morgan fingerprint density at radius 1 is 1.22 bits per heavy atom. The van der Waals surface area contributed by atoms with Gasteiger partial charge >= 0.3 is 6.18 Å². The molecule has 0 saturated heterocycles. The normalized spacial score (nSPS) is 11.1. The minimum absolute atomic E-state index is 0.189. The van der Waals surface area contributed by atoms with Crippen LogP contribution < -0.4 is 15.2 Å². The van der Waals surface area contributed by atoms with Crippen LogP contribution in [-0.2, 0) is 16.2 Å². The summed E-state index contributed by atoms with van der Waals surface area (Å²) in [4.78, 5) is 31.2. The third-order valence-electron chi connectivity index (χ3n) is 3.17. The van der Waals surface area contributed by atoms with Gasteiger partial charge in [0.15, 0.2) is 0 Å². The highest BCUT2D eigenvalue weighted by Gasteiger charge is 2.31. The van der Waals surface area contributed by atoms with Gasteiger partial charge in [0.1, 0.15) is 17.1 Å². The monoisotopic (exact) mass is 515 g/mol. The largest absolute Gasteiger partial charge is 0.456 e. The number of primary amides is 1. The van der Waals surface area contributed by atoms with Crippen LogP contribution in [0.4, 0.5) is 23.7 Å². The van der Waals surface area contributed by atoms with Crippen molar-refractivity contribution in [2.45, 2.75) is 6.18 Å². The fraction of sp³-hybridized carbons (Fsp3) is 0.125. The van der Waals surface area contributed by atoms with E-state index in [0.29, 0.717) is 18.4 Å². The SMILES string of the molecule is CS(=O)(=O)NC(=O)c1cc(Oc2ccc(C(F)(F)F)cc2Cl)ccc1[N+](=O)[O-].NC(=O)S. The molecule has 2 aromatic rings. The number of nitrogens with one attached hydrogen (secondary N) is 1. The number of alkyl halides is 3. The highest BCUT2D eigenvalue weighted by molar-refractivity contribution is 7.96. The van der Waals surface area contributed by atoms with Gasteiger partial charge in [0, 0.05) is 12.1 Å². The molecule has 0 heterocycles. The molecule has 0 aromatic heterocycles. The van der Waals surface area contributed by atoms with Crippen LogP contribution in [0.15, 0.2) is 36.4 Å². The van der Waals surface area contributed by atoms with Gasteiger partial charge in [-0.25, -0.2) is 13.1 Å². The van der Waals surface area contributed by atoms with Gasteiger partial charge in [-0.2, -0.15) is 13.2 Å². The number of nitro benzene ring substituents is 1. The van der Waals surface area contributed by atoms with E-state index in [4.69, 9.17) is 21.1 Å². The van der Waals surface area contributed by atoms with Crippen molar-refractivity contribution >= 4 is 51.1 Å². The molecule has 16 heteroatoms. The standard InChI is InChI=1S/C15H10ClF3N2O6S.CH3NOS/c1-28(25,26)20-14(22)10-7-9(3-4-12(10)21(23)24)27-13-5-2-8(6-11(13)16)15(17,18)19;2-1(3)4/h2-7H,1H3,(H,20,22);(H3,2,3,4). The predicted octanol–water partition coefficient (Wildman–Crippen LogP) is 3.74. The number of carbonyl (C=O) groups excluding carboxylic acids is 2. The minimum Gasteiger partial charge on any atom is -0.456 e. The third kappa shape index (κ3) is 8.60. The lowest BCUT2D eigenvalue weighted by molar-refractivity contribution is -0.385. The number of carbonyl (C=O) groups is 2. The first-order valence-corrected chi connectivity index (χ1v) is 10.6. The van der Waals surface area contributed by atoms with E-state index in [1.165, 1.54) is 0 Å². The van der Waals surface area contributed by atoms with Crippen LogP contribution in [0.1, 0.15) is 15.9 Å². The molecule has 0 aliphatic heterocycles. The molecule has 2 amide bonds. The van der Waals surface area contributed by atoms with Gasteiger partial charge in [-0.3, -0.25) is 19.7 Å². The third-order valence-corrected chi connectivity index (χ3v) is 4.03. The molecule has 0 radical (unpaired) electrons. The lowest BCUT2D eigenvalue weighted by atomic mass is 10.1. The number of hydrogen-bond acceptors (Lipinski definition) is 7. The molecule has 2 aromatic carbocycles. The van der Waals surface area contributed by atoms with Gasteiger partial charge in [0.05, 0.1) is 21.8 Å². The molecule has 0 aliphatic carbocycles. The van der Waals surface area contributed by atoms with Crippen molar-refractivity contribution in [2.75, 3.05) is 6.26 Å². The van der Waals surface area contributed by atoms with Crippen LogP contribution in [0.25, 0.3) is 0 Å². The highest BCUT2D eigenvalue weighted by atomic mass is 35.5. The Bertz CT molecular complexity index is 1150. The Hall–Kier alpha value is -3.04. The Morgan fingerprint density at radius 3 is 2.22 bits per heavy atom. The molecule has 174 valence electrons. The Labute approximate surface area is 189 Å². The second-order valence-electron chi connectivity index (χ2n) is 5.72. The maximum Gasteiger partial charge on any atom is 0.416 e. The Kier molecular flexibility index (Phi) is 8.87. The molecule has 0 unspecified atom stereocenters. The van der Waals surface area contributed by atoms with Crippen LogP contribution in [0, 0.1) is 10.1 Å². The van der Waals surface area contributed by atoms with Gasteiger partial charge in [-0.1, -0.05) is 24.2 Å². The first kappa shape index (κ1) is 27.0. The van der Waals surface area contributed by atoms with E-state index in [1.807, 2.05) is 0 Å². The van der Waals surface area contributed by atoms with Gasteiger partial charge < -0.3 is 10.5 Å². The van der Waals surface area contributed by atoms with Crippen molar-refractivity contribution in [1.29, 1.82) is 0 Å². The Balaban J connectivity index is 0.00000118. The second-order valence-corrected chi connectivity index (χ2v) is 8.32. The number of ether oxygens (including phenoxy) is 1. The van der Waals surface area contributed by atoms with Gasteiger partial charge in [-0.15, -0.1) is 0 Å². The van der Waals surface area contributed by atoms with Crippen LogP contribution >= 0.6 is 24.2 Å². The smallest absolute Gasteiger partial charge is 0.416 e. The number of thiol groups is 1. The van der Waals surface area contributed by atoms with E-state index in [1.54, 1.807) is 4.72 Å². The zero-order valence-corrected chi connectivity index (χ0v) is 18.2. The number of rotatable bonds is 5. The van der Waals surface area contributed by atoms with E-state index in [2.05, 4.69) is 18.4 Å². The molecule has 0 bridgehead atoms. The van der Waals surface area contributed by atoms with Gasteiger partial charge in [-0.05, 0) is 24.3 Å². The fourth-order valence-corrected chi connectivity index (χ4v) is 2.70. The lowest BCUT2D eigenvalue weighted by Crippen LogP contribution is -2.29. The van der Waals surface area contributed by atoms with E-state index >= 15 is 0 Å². The van der Waals surface area contributed by atoms with Gasteiger partial charge in [0.25, 0.3) is 16.8 Å². The molecule has 3 N–H and O–H groups in total. The molecule has 0 atom stereocenters. The van der Waals surface area contributed by atoms with Crippen LogP contribution in [-0.4, -0.2) is 30.7 Å². The van der Waals surface area contributed by atoms with Crippen molar-refractivity contribution in [3.63, 3.8) is 0 Å². The topological polar surface area (TPSA) is 159 Å². The summed E-state index contributed by atoms with van der Waals surface area (Å²) in [6, 6.07) is 5.09. The molecule has 0 aliphatic rings. The predicted molar refractivity (Wildman–Crippen MR) is 111 cm³/mol. The number of hydrogen-bond donors (Lipinski definition) is 3. The van der Waals surface area contributed by atoms with Crippen molar-refractivity contribution in [1.82, 2.24) is 4.72 Å². The van der Waals surface area contributed by atoms with Crippen LogP contribution in [0.2, 0.25) is 5.02 Å². The number of amides is 2. The maximum atomic E-state index is 12.7. The van der Waals surface area contributed by atoms with Crippen molar-refractivity contribution in [3.8, 4) is 11.5 Å². The maximum absolute atomic E-state index is 12.7. The van der Waals surface area contributed by atoms with Crippen LogP contribution in [0.5, 0.6) is 11.5 Å². The van der Waals surface area contributed by atoms with E-state index in [0.717, 1.165) is 24.3 Å². The molecule has 2 rings (SSSR count). The van der Waals surface area contributed by atoms with Crippen molar-refractivity contribution in [2.24, 2.45) is 5.73 Å². The number of nitrogens with two attached hydrogens (primary N) is 1. The van der Waals surface area contributed by atoms with E-state index in [-0.39, 0.29) is 11.5 Å². The molecule has 10 nitrogen and oxygen atoms in total. The summed E-state index contributed by atoms with van der Waals surface area (Å²) in [7, 11) is -4.00. The fourth-order valence-electron chi connectivity index (χ4n) is 2.03. The number of nitrogens with zero attached hydrogens (tertiary/aromatic N) is 1. The zero-order valence-electron chi connectivity index (χ0n) is 15.7. The summed E-state index contributed by atoms with van der Waals surface area (Å²) in [5.41, 5.74) is 1.99. The molecule has 0 spiro atoms. The number of halogens is 4. The summed E-state index contributed by atoms with van der Waals surface area (Å²) in [6.07, 6.45) is -3.94.